The van der Waals surface area contributed by atoms with Crippen LogP contribution in [0.1, 0.15) is 5.69 Å². The minimum Gasteiger partial charge on any atom is -0.367 e. The summed E-state index contributed by atoms with van der Waals surface area (Å²) in [7, 11) is 1.90. The van der Waals surface area contributed by atoms with Crippen LogP contribution in [0.25, 0.3) is 0 Å². The van der Waals surface area contributed by atoms with Crippen molar-refractivity contribution in [1.29, 1.82) is 0 Å². The highest BCUT2D eigenvalue weighted by Gasteiger charge is 2.22. The third-order valence-corrected chi connectivity index (χ3v) is 4.81. The summed E-state index contributed by atoms with van der Waals surface area (Å²) in [5.41, 5.74) is 1.89. The molecule has 134 valence electrons. The number of carbonyl (C=O) groups excluding carboxylic acids is 1. The molecule has 1 aliphatic heterocycles. The van der Waals surface area contributed by atoms with Gasteiger partial charge >= 0.3 is 0 Å². The van der Waals surface area contributed by atoms with Crippen molar-refractivity contribution in [2.24, 2.45) is 7.05 Å². The van der Waals surface area contributed by atoms with Crippen LogP contribution in [0.4, 0.5) is 5.69 Å². The van der Waals surface area contributed by atoms with E-state index in [4.69, 9.17) is 27.9 Å². The molecule has 1 aliphatic rings. The number of piperazine rings is 1. The summed E-state index contributed by atoms with van der Waals surface area (Å²) in [5, 5.41) is 1.25. The lowest BCUT2D eigenvalue weighted by Gasteiger charge is -2.36. The van der Waals surface area contributed by atoms with E-state index in [2.05, 4.69) is 9.88 Å². The molecule has 1 saturated heterocycles. The molecule has 25 heavy (non-hydrogen) atoms. The molecule has 6 nitrogen and oxygen atoms in total. The third-order valence-electron chi connectivity index (χ3n) is 4.27. The Bertz CT molecular complexity index is 742. The summed E-state index contributed by atoms with van der Waals surface area (Å²) in [6.07, 6.45) is 3.45. The van der Waals surface area contributed by atoms with Gasteiger partial charge in [0.15, 0.2) is 0 Å². The first-order valence-corrected chi connectivity index (χ1v) is 8.81. The molecule has 1 fully saturated rings. The second kappa shape index (κ2) is 8.08. The van der Waals surface area contributed by atoms with Crippen LogP contribution in [0.2, 0.25) is 10.0 Å². The van der Waals surface area contributed by atoms with Crippen LogP contribution in [0.15, 0.2) is 30.7 Å². The van der Waals surface area contributed by atoms with Crippen LogP contribution in [0.3, 0.4) is 0 Å². The van der Waals surface area contributed by atoms with E-state index in [1.807, 2.05) is 28.6 Å². The van der Waals surface area contributed by atoms with Crippen LogP contribution >= 0.6 is 23.2 Å². The van der Waals surface area contributed by atoms with Gasteiger partial charge < -0.3 is 19.1 Å². The van der Waals surface area contributed by atoms with E-state index >= 15 is 0 Å². The fraction of sp³-hybridized carbons (Fsp3) is 0.412. The molecule has 0 aliphatic carbocycles. The SMILES string of the molecule is Cn1cncc1COCC(=O)N1CCN(c2ccc(Cl)cc2Cl)CC1. The summed E-state index contributed by atoms with van der Waals surface area (Å²) in [4.78, 5) is 20.3. The molecule has 1 aromatic heterocycles. The second-order valence-electron chi connectivity index (χ2n) is 5.95. The maximum Gasteiger partial charge on any atom is 0.248 e. The number of carbonyl (C=O) groups is 1. The number of hydrogen-bond acceptors (Lipinski definition) is 4. The monoisotopic (exact) mass is 382 g/mol. The van der Waals surface area contributed by atoms with E-state index in [1.54, 1.807) is 18.6 Å². The smallest absolute Gasteiger partial charge is 0.248 e. The molecule has 0 radical (unpaired) electrons. The van der Waals surface area contributed by atoms with Gasteiger partial charge in [-0.05, 0) is 18.2 Å². The maximum absolute atomic E-state index is 12.3. The van der Waals surface area contributed by atoms with Gasteiger partial charge in [0.25, 0.3) is 0 Å². The highest BCUT2D eigenvalue weighted by Crippen LogP contribution is 2.29. The van der Waals surface area contributed by atoms with Crippen molar-refractivity contribution in [3.05, 3.63) is 46.5 Å². The minimum atomic E-state index is 0.00372. The van der Waals surface area contributed by atoms with E-state index in [-0.39, 0.29) is 12.5 Å². The predicted molar refractivity (Wildman–Crippen MR) is 98.1 cm³/mol. The van der Waals surface area contributed by atoms with Crippen molar-refractivity contribution in [2.45, 2.75) is 6.61 Å². The molecule has 0 bridgehead atoms. The highest BCUT2D eigenvalue weighted by molar-refractivity contribution is 6.36. The van der Waals surface area contributed by atoms with Crippen molar-refractivity contribution >= 4 is 34.8 Å². The minimum absolute atomic E-state index is 0.00372. The Hall–Kier alpha value is -1.76. The zero-order chi connectivity index (χ0) is 17.8. The molecule has 0 atom stereocenters. The van der Waals surface area contributed by atoms with Crippen molar-refractivity contribution < 1.29 is 9.53 Å². The Kier molecular flexibility index (Phi) is 5.83. The molecule has 0 saturated carbocycles. The number of aryl methyl sites for hydroxylation is 1. The molecular weight excluding hydrogens is 363 g/mol. The number of nitrogens with zero attached hydrogens (tertiary/aromatic N) is 4. The molecule has 8 heteroatoms. The van der Waals surface area contributed by atoms with Gasteiger partial charge in [0.05, 0.1) is 35.5 Å². The molecule has 1 aromatic carbocycles. The van der Waals surface area contributed by atoms with Gasteiger partial charge in [-0.3, -0.25) is 4.79 Å². The average molecular weight is 383 g/mol. The van der Waals surface area contributed by atoms with Crippen molar-refractivity contribution in [3.8, 4) is 0 Å². The summed E-state index contributed by atoms with van der Waals surface area (Å²) in [6, 6.07) is 5.48. The van der Waals surface area contributed by atoms with E-state index in [0.29, 0.717) is 29.7 Å². The molecule has 3 rings (SSSR count). The Morgan fingerprint density at radius 1 is 1.24 bits per heavy atom. The third kappa shape index (κ3) is 4.45. The lowest BCUT2D eigenvalue weighted by molar-refractivity contribution is -0.136. The van der Waals surface area contributed by atoms with Crippen LogP contribution in [0, 0.1) is 0 Å². The number of anilines is 1. The van der Waals surface area contributed by atoms with Gasteiger partial charge in [0.2, 0.25) is 5.91 Å². The molecular formula is C17H20Cl2N4O2. The van der Waals surface area contributed by atoms with Gasteiger partial charge in [0.1, 0.15) is 6.61 Å². The zero-order valence-electron chi connectivity index (χ0n) is 14.0. The molecule has 1 amide bonds. The number of aromatic nitrogens is 2. The fourth-order valence-electron chi connectivity index (χ4n) is 2.79. The Labute approximate surface area is 156 Å². The zero-order valence-corrected chi connectivity index (χ0v) is 15.5. The van der Waals surface area contributed by atoms with Crippen LogP contribution in [-0.2, 0) is 23.2 Å². The largest absolute Gasteiger partial charge is 0.367 e. The normalized spacial score (nSPS) is 14.8. The number of hydrogen-bond donors (Lipinski definition) is 0. The molecule has 0 unspecified atom stereocenters. The van der Waals surface area contributed by atoms with E-state index in [9.17, 15) is 4.79 Å². The molecule has 2 heterocycles. The Morgan fingerprint density at radius 2 is 2.00 bits per heavy atom. The fourth-order valence-corrected chi connectivity index (χ4v) is 3.32. The Morgan fingerprint density at radius 3 is 2.64 bits per heavy atom. The summed E-state index contributed by atoms with van der Waals surface area (Å²) in [6.45, 7) is 3.21. The highest BCUT2D eigenvalue weighted by atomic mass is 35.5. The Balaban J connectivity index is 1.46. The number of ether oxygens (including phenoxy) is 1. The first-order valence-electron chi connectivity index (χ1n) is 8.05. The van der Waals surface area contributed by atoms with Crippen LogP contribution in [-0.4, -0.2) is 53.1 Å². The van der Waals surface area contributed by atoms with E-state index in [1.165, 1.54) is 0 Å². The second-order valence-corrected chi connectivity index (χ2v) is 6.80. The molecule has 2 aromatic rings. The lowest BCUT2D eigenvalue weighted by Crippen LogP contribution is -2.49. The van der Waals surface area contributed by atoms with E-state index < -0.39 is 0 Å². The standard InChI is InChI=1S/C17H20Cl2N4O2/c1-21-12-20-9-14(21)10-25-11-17(24)23-6-4-22(5-7-23)16-3-2-13(18)8-15(16)19/h2-3,8-9,12H,4-7,10-11H2,1H3. The maximum atomic E-state index is 12.3. The molecule has 0 spiro atoms. The number of amides is 1. The average Bonchev–Trinajstić information content (AvgIpc) is 3.00. The summed E-state index contributed by atoms with van der Waals surface area (Å²) < 4.78 is 7.39. The number of benzene rings is 1. The number of halogens is 2. The summed E-state index contributed by atoms with van der Waals surface area (Å²) >= 11 is 12.2. The van der Waals surface area contributed by atoms with Gasteiger partial charge in [-0.2, -0.15) is 0 Å². The molecule has 0 N–H and O–H groups in total. The van der Waals surface area contributed by atoms with Crippen LogP contribution < -0.4 is 4.90 Å². The first-order chi connectivity index (χ1) is 12.0. The summed E-state index contributed by atoms with van der Waals surface area (Å²) in [5.74, 6) is 0.00372. The van der Waals surface area contributed by atoms with Crippen molar-refractivity contribution in [3.63, 3.8) is 0 Å². The van der Waals surface area contributed by atoms with Gasteiger partial charge in [-0.15, -0.1) is 0 Å². The van der Waals surface area contributed by atoms with Gasteiger partial charge in [0, 0.05) is 38.2 Å². The lowest BCUT2D eigenvalue weighted by atomic mass is 10.2. The van der Waals surface area contributed by atoms with Crippen LogP contribution in [0.5, 0.6) is 0 Å². The van der Waals surface area contributed by atoms with Crippen molar-refractivity contribution in [1.82, 2.24) is 14.5 Å². The number of imidazole rings is 1. The van der Waals surface area contributed by atoms with Gasteiger partial charge in [-0.25, -0.2) is 4.98 Å². The van der Waals surface area contributed by atoms with Gasteiger partial charge in [-0.1, -0.05) is 23.2 Å². The number of rotatable bonds is 5. The topological polar surface area (TPSA) is 50.6 Å². The first kappa shape index (κ1) is 18.0. The van der Waals surface area contributed by atoms with E-state index in [0.717, 1.165) is 24.5 Å². The quantitative estimate of drug-likeness (QED) is 0.797. The van der Waals surface area contributed by atoms with Crippen molar-refractivity contribution in [2.75, 3.05) is 37.7 Å². The predicted octanol–water partition coefficient (Wildman–Crippen LogP) is 2.59.